The molecule has 0 spiro atoms. The summed E-state index contributed by atoms with van der Waals surface area (Å²) in [7, 11) is 0. The number of alkyl halides is 6. The van der Waals surface area contributed by atoms with Crippen molar-refractivity contribution in [2.24, 2.45) is 0 Å². The van der Waals surface area contributed by atoms with Gasteiger partial charge >= 0.3 is 12.4 Å². The van der Waals surface area contributed by atoms with Crippen molar-refractivity contribution in [2.75, 3.05) is 26.2 Å². The summed E-state index contributed by atoms with van der Waals surface area (Å²) in [5.74, 6) is -6.87. The van der Waals surface area contributed by atoms with Crippen molar-refractivity contribution in [3.8, 4) is 0 Å². The van der Waals surface area contributed by atoms with Crippen LogP contribution in [0.25, 0.3) is 5.52 Å². The van der Waals surface area contributed by atoms with Crippen molar-refractivity contribution in [1.29, 1.82) is 0 Å². The minimum Gasteiger partial charge on any atom is -0.542 e. The van der Waals surface area contributed by atoms with Gasteiger partial charge in [-0.1, -0.05) is 29.3 Å². The largest absolute Gasteiger partial charge is 0.542 e. The maximum atomic E-state index is 14.8. The van der Waals surface area contributed by atoms with Crippen LogP contribution in [0, 0.1) is 5.82 Å². The number of pyridine rings is 1. The number of amides is 1. The molecule has 4 heterocycles. The van der Waals surface area contributed by atoms with Crippen LogP contribution in [-0.4, -0.2) is 70.7 Å². The molecule has 4 aromatic rings. The molecule has 0 saturated carbocycles. The van der Waals surface area contributed by atoms with Crippen molar-refractivity contribution in [2.45, 2.75) is 31.7 Å². The Morgan fingerprint density at radius 3 is 2.16 bits per heavy atom. The van der Waals surface area contributed by atoms with Crippen LogP contribution in [0.2, 0.25) is 10.2 Å². The predicted molar refractivity (Wildman–Crippen MR) is 157 cm³/mol. The molecule has 1 unspecified atom stereocenters. The second kappa shape index (κ2) is 16.8. The van der Waals surface area contributed by atoms with E-state index in [4.69, 9.17) is 43.0 Å². The summed E-state index contributed by atoms with van der Waals surface area (Å²) in [5.41, 5.74) is 2.66. The van der Waals surface area contributed by atoms with Crippen LogP contribution in [-0.2, 0) is 22.6 Å². The fourth-order valence-electron chi connectivity index (χ4n) is 4.81. The van der Waals surface area contributed by atoms with E-state index in [-0.39, 0.29) is 27.2 Å². The molecule has 1 aliphatic heterocycles. The minimum atomic E-state index is -5.19. The molecule has 0 radical (unpaired) electrons. The number of halogens is 9. The highest BCUT2D eigenvalue weighted by Crippen LogP contribution is 2.27. The highest BCUT2D eigenvalue weighted by Gasteiger charge is 2.29. The van der Waals surface area contributed by atoms with Crippen molar-refractivity contribution in [3.05, 3.63) is 104 Å². The van der Waals surface area contributed by atoms with E-state index in [1.165, 1.54) is 22.6 Å². The van der Waals surface area contributed by atoms with Crippen molar-refractivity contribution >= 4 is 46.6 Å². The molecule has 1 amide bonds. The SMILES string of the molecule is O=C([O-])C(F)(F)F.O=C([O-])C(F)(F)F.O=C(c1cc(Cc2c[nH]c(=O)c3cc(Cl)c(Cl)n23)ccc1F)N1CCC[NH+](Cc2ccc[nH+]c2)CC1. The first-order chi connectivity index (χ1) is 23.3. The van der Waals surface area contributed by atoms with E-state index in [2.05, 4.69) is 16.0 Å². The van der Waals surface area contributed by atoms with Crippen molar-refractivity contribution < 1.29 is 65.2 Å². The second-order valence-corrected chi connectivity index (χ2v) is 11.4. The lowest BCUT2D eigenvalue weighted by molar-refractivity contribution is -0.912. The Kier molecular flexibility index (Phi) is 13.4. The lowest BCUT2D eigenvalue weighted by Gasteiger charge is -2.21. The Hall–Kier alpha value is -4.68. The normalized spacial score (nSPS) is 14.9. The number of carboxylic acids is 2. The highest BCUT2D eigenvalue weighted by atomic mass is 35.5. The van der Waals surface area contributed by atoms with Gasteiger partial charge in [0, 0.05) is 37.3 Å². The summed E-state index contributed by atoms with van der Waals surface area (Å²) in [6, 6.07) is 10.1. The summed E-state index contributed by atoms with van der Waals surface area (Å²) in [5, 5.41) is 18.1. The minimum absolute atomic E-state index is 0.0471. The van der Waals surface area contributed by atoms with Gasteiger partial charge in [-0.3, -0.25) is 14.0 Å². The van der Waals surface area contributed by atoms with E-state index in [9.17, 15) is 40.3 Å². The summed E-state index contributed by atoms with van der Waals surface area (Å²) in [6.07, 6.45) is -3.79. The average Bonchev–Trinajstić information content (AvgIpc) is 3.19. The van der Waals surface area contributed by atoms with E-state index >= 15 is 0 Å². The number of aromatic nitrogens is 3. The number of aromatic amines is 2. The smallest absolute Gasteiger partial charge is 0.430 e. The molecule has 5 rings (SSSR count). The molecule has 20 heteroatoms. The van der Waals surface area contributed by atoms with Crippen LogP contribution in [0.3, 0.4) is 0 Å². The Morgan fingerprint density at radius 2 is 1.58 bits per heavy atom. The number of carbonyl (C=O) groups excluding carboxylic acids is 3. The van der Waals surface area contributed by atoms with Gasteiger partial charge in [-0.05, 0) is 29.8 Å². The monoisotopic (exact) mass is 755 g/mol. The summed E-state index contributed by atoms with van der Waals surface area (Å²) in [4.78, 5) is 52.0. The fourth-order valence-corrected chi connectivity index (χ4v) is 5.25. The Labute approximate surface area is 287 Å². The molecule has 1 fully saturated rings. The number of fused-ring (bicyclic) bond motifs is 1. The first-order valence-corrected chi connectivity index (χ1v) is 15.0. The standard InChI is InChI=1S/C26H24Cl2FN5O2.2C2HF3O2/c27-21-13-23-25(35)31-15-19(34(23)24(21)28)11-17-4-5-22(29)20(12-17)26(36)33-8-2-7-32(9-10-33)16-18-3-1-6-30-14-18;2*3-2(4,5)1(6)7/h1,3-6,12-15H,2,7-11,16H2,(H,31,35);2*(H,6,7). The number of carboxylic acid groups (broad SMARTS) is 2. The first-order valence-electron chi connectivity index (χ1n) is 14.3. The number of H-pyrrole nitrogens is 2. The highest BCUT2D eigenvalue weighted by molar-refractivity contribution is 6.42. The molecule has 0 aliphatic carbocycles. The van der Waals surface area contributed by atoms with Gasteiger partial charge in [0.25, 0.3) is 11.5 Å². The number of quaternary nitrogens is 1. The third-order valence-electron chi connectivity index (χ3n) is 7.10. The van der Waals surface area contributed by atoms with Gasteiger partial charge in [0.15, 0.2) is 12.4 Å². The lowest BCUT2D eigenvalue weighted by atomic mass is 10.0. The summed E-state index contributed by atoms with van der Waals surface area (Å²) in [6.45, 7) is 3.77. The molecule has 0 bridgehead atoms. The zero-order valence-electron chi connectivity index (χ0n) is 25.4. The third-order valence-corrected chi connectivity index (χ3v) is 7.86. The van der Waals surface area contributed by atoms with Gasteiger partial charge in [-0.15, -0.1) is 0 Å². The Balaban J connectivity index is 0.000000408. The summed E-state index contributed by atoms with van der Waals surface area (Å²) >= 11 is 12.5. The fraction of sp³-hybridized carbons (Fsp3) is 0.300. The van der Waals surface area contributed by atoms with Crippen LogP contribution < -0.4 is 25.7 Å². The molecular formula is C30H26Cl2F7N5O6. The maximum Gasteiger partial charge on any atom is 0.430 e. The number of hydrogen-bond acceptors (Lipinski definition) is 6. The van der Waals surface area contributed by atoms with Crippen LogP contribution in [0.1, 0.15) is 33.6 Å². The average molecular weight is 756 g/mol. The van der Waals surface area contributed by atoms with Crippen LogP contribution in [0.15, 0.2) is 59.8 Å². The first kappa shape index (κ1) is 39.8. The van der Waals surface area contributed by atoms with E-state index in [0.29, 0.717) is 30.7 Å². The van der Waals surface area contributed by atoms with Gasteiger partial charge < -0.3 is 34.6 Å². The van der Waals surface area contributed by atoms with E-state index in [1.807, 2.05) is 18.5 Å². The molecule has 3 N–H and O–H groups in total. The number of benzene rings is 1. The van der Waals surface area contributed by atoms with E-state index in [1.54, 1.807) is 27.6 Å². The Morgan fingerprint density at radius 1 is 0.940 bits per heavy atom. The molecule has 1 saturated heterocycles. The number of carbonyl (C=O) groups is 3. The van der Waals surface area contributed by atoms with E-state index < -0.39 is 30.1 Å². The number of rotatable bonds is 5. The molecule has 1 aromatic carbocycles. The molecule has 270 valence electrons. The molecule has 1 aliphatic rings. The molecule has 50 heavy (non-hydrogen) atoms. The van der Waals surface area contributed by atoms with Crippen molar-refractivity contribution in [1.82, 2.24) is 14.3 Å². The molecule has 11 nitrogen and oxygen atoms in total. The van der Waals surface area contributed by atoms with Crippen molar-refractivity contribution in [3.63, 3.8) is 0 Å². The maximum absolute atomic E-state index is 14.8. The zero-order chi connectivity index (χ0) is 37.4. The van der Waals surface area contributed by atoms with Gasteiger partial charge in [0.05, 0.1) is 35.8 Å². The molecule has 3 aromatic heterocycles. The van der Waals surface area contributed by atoms with Gasteiger partial charge in [0.1, 0.15) is 35.0 Å². The van der Waals surface area contributed by atoms with E-state index in [0.717, 1.165) is 31.6 Å². The third kappa shape index (κ3) is 10.9. The van der Waals surface area contributed by atoms with Gasteiger partial charge in [-0.2, -0.15) is 26.3 Å². The second-order valence-electron chi connectivity index (χ2n) is 10.7. The molecule has 1 atom stereocenters. The number of aliphatic carboxylic acids is 2. The molecular weight excluding hydrogens is 730 g/mol. The zero-order valence-corrected chi connectivity index (χ0v) is 26.9. The predicted octanol–water partition coefficient (Wildman–Crippen LogP) is 1.01. The number of nitrogens with one attached hydrogen (secondary N) is 3. The van der Waals surface area contributed by atoms with Gasteiger partial charge in [-0.25, -0.2) is 9.37 Å². The lowest BCUT2D eigenvalue weighted by Crippen LogP contribution is -3.11. The summed E-state index contributed by atoms with van der Waals surface area (Å²) < 4.78 is 79.5. The van der Waals surface area contributed by atoms with Gasteiger partial charge in [0.2, 0.25) is 0 Å². The number of hydrogen-bond donors (Lipinski definition) is 2. The van der Waals surface area contributed by atoms with Crippen LogP contribution in [0.4, 0.5) is 30.7 Å². The number of nitrogens with zero attached hydrogens (tertiary/aromatic N) is 2. The quantitative estimate of drug-likeness (QED) is 0.290. The Bertz CT molecular complexity index is 1860. The topological polar surface area (TPSA) is 156 Å². The van der Waals surface area contributed by atoms with Crippen LogP contribution in [0.5, 0.6) is 0 Å². The van der Waals surface area contributed by atoms with Crippen LogP contribution >= 0.6 is 23.2 Å².